The second kappa shape index (κ2) is 4.03. The van der Waals surface area contributed by atoms with Crippen molar-refractivity contribution in [1.82, 2.24) is 0 Å². The Balaban J connectivity index is 2.72. The van der Waals surface area contributed by atoms with E-state index < -0.39 is 0 Å². The molecule has 2 nitrogen and oxygen atoms in total. The SMILES string of the molecule is C=COCC#N. The fraction of sp³-hybridized carbons (Fsp3) is 0.250. The highest BCUT2D eigenvalue weighted by Gasteiger charge is 1.65. The van der Waals surface area contributed by atoms with Crippen LogP contribution in [-0.2, 0) is 4.74 Å². The zero-order chi connectivity index (χ0) is 4.83. The fourth-order valence-corrected chi connectivity index (χ4v) is 0.0962. The quantitative estimate of drug-likeness (QED) is 0.363. The minimum atomic E-state index is 0.101. The Morgan fingerprint density at radius 2 is 2.67 bits per heavy atom. The third kappa shape index (κ3) is 3.03. The molecule has 0 fully saturated rings. The fourth-order valence-electron chi connectivity index (χ4n) is 0.0962. The Labute approximate surface area is 36.7 Å². The lowest BCUT2D eigenvalue weighted by molar-refractivity contribution is 0.296. The largest absolute Gasteiger partial charge is 0.487 e. The third-order valence-corrected chi connectivity index (χ3v) is 0.266. The van der Waals surface area contributed by atoms with Gasteiger partial charge in [0.25, 0.3) is 0 Å². The number of hydrogen-bond donors (Lipinski definition) is 0. The van der Waals surface area contributed by atoms with Crippen molar-refractivity contribution in [2.24, 2.45) is 0 Å². The van der Waals surface area contributed by atoms with Gasteiger partial charge >= 0.3 is 0 Å². The average molecular weight is 83.1 g/mol. The van der Waals surface area contributed by atoms with Crippen LogP contribution in [-0.4, -0.2) is 6.61 Å². The highest BCUT2D eigenvalue weighted by atomic mass is 16.5. The second-order valence-corrected chi connectivity index (χ2v) is 0.636. The average Bonchev–Trinajstić information content (AvgIpc) is 1.61. The van der Waals surface area contributed by atoms with E-state index in [1.54, 1.807) is 6.07 Å². The topological polar surface area (TPSA) is 33.0 Å². The van der Waals surface area contributed by atoms with Crippen LogP contribution in [0.5, 0.6) is 0 Å². The molecule has 0 spiro atoms. The van der Waals surface area contributed by atoms with Crippen LogP contribution in [0.25, 0.3) is 0 Å². The molecule has 6 heavy (non-hydrogen) atoms. The smallest absolute Gasteiger partial charge is 0.173 e. The van der Waals surface area contributed by atoms with Crippen molar-refractivity contribution in [2.45, 2.75) is 0 Å². The van der Waals surface area contributed by atoms with Crippen LogP contribution in [0.15, 0.2) is 12.8 Å². The van der Waals surface area contributed by atoms with Crippen molar-refractivity contribution in [3.8, 4) is 6.07 Å². The number of nitriles is 1. The highest BCUT2D eigenvalue weighted by molar-refractivity contribution is 4.68. The third-order valence-electron chi connectivity index (χ3n) is 0.266. The Kier molecular flexibility index (Phi) is 3.38. The van der Waals surface area contributed by atoms with Gasteiger partial charge in [-0.2, -0.15) is 5.26 Å². The van der Waals surface area contributed by atoms with Crippen molar-refractivity contribution >= 4 is 0 Å². The van der Waals surface area contributed by atoms with E-state index in [0.29, 0.717) is 0 Å². The van der Waals surface area contributed by atoms with Crippen molar-refractivity contribution < 1.29 is 4.74 Å². The van der Waals surface area contributed by atoms with Crippen molar-refractivity contribution in [3.05, 3.63) is 12.8 Å². The molecule has 0 heterocycles. The molecular formula is C4H5NO. The molecule has 0 atom stereocenters. The zero-order valence-corrected chi connectivity index (χ0v) is 3.35. The molecule has 0 saturated carbocycles. The van der Waals surface area contributed by atoms with Crippen molar-refractivity contribution in [1.29, 1.82) is 5.26 Å². The molecule has 2 heteroatoms. The van der Waals surface area contributed by atoms with E-state index in [2.05, 4.69) is 11.3 Å². The summed E-state index contributed by atoms with van der Waals surface area (Å²) >= 11 is 0. The summed E-state index contributed by atoms with van der Waals surface area (Å²) < 4.78 is 4.39. The van der Waals surface area contributed by atoms with E-state index in [1.165, 1.54) is 6.26 Å². The lowest BCUT2D eigenvalue weighted by Gasteiger charge is -1.82. The molecule has 0 radical (unpaired) electrons. The Hall–Kier alpha value is -0.970. The van der Waals surface area contributed by atoms with Crippen LogP contribution < -0.4 is 0 Å². The van der Waals surface area contributed by atoms with Crippen LogP contribution >= 0.6 is 0 Å². The van der Waals surface area contributed by atoms with Gasteiger partial charge in [0.1, 0.15) is 6.07 Å². The summed E-state index contributed by atoms with van der Waals surface area (Å²) in [6.07, 6.45) is 1.24. The summed E-state index contributed by atoms with van der Waals surface area (Å²) in [5.74, 6) is 0. The molecule has 0 aliphatic rings. The van der Waals surface area contributed by atoms with E-state index in [9.17, 15) is 0 Å². The molecule has 0 amide bonds. The van der Waals surface area contributed by atoms with E-state index >= 15 is 0 Å². The van der Waals surface area contributed by atoms with Crippen LogP contribution in [0, 0.1) is 11.3 Å². The second-order valence-electron chi connectivity index (χ2n) is 0.636. The predicted molar refractivity (Wildman–Crippen MR) is 21.8 cm³/mol. The van der Waals surface area contributed by atoms with Gasteiger partial charge in [-0.1, -0.05) is 6.58 Å². The van der Waals surface area contributed by atoms with Crippen LogP contribution in [0.4, 0.5) is 0 Å². The van der Waals surface area contributed by atoms with Gasteiger partial charge in [0, 0.05) is 0 Å². The molecule has 0 aliphatic carbocycles. The molecule has 32 valence electrons. The number of hydrogen-bond acceptors (Lipinski definition) is 2. The number of rotatable bonds is 2. The molecule has 0 aromatic carbocycles. The first-order chi connectivity index (χ1) is 2.91. The highest BCUT2D eigenvalue weighted by Crippen LogP contribution is 1.65. The minimum absolute atomic E-state index is 0.101. The summed E-state index contributed by atoms with van der Waals surface area (Å²) in [5.41, 5.74) is 0. The van der Waals surface area contributed by atoms with Crippen LogP contribution in [0.3, 0.4) is 0 Å². The lowest BCUT2D eigenvalue weighted by atomic mass is 10.8. The molecule has 0 N–H and O–H groups in total. The summed E-state index contributed by atoms with van der Waals surface area (Å²) in [6.45, 7) is 3.33. The Bertz CT molecular complexity index is 72.1. The molecule has 0 aliphatic heterocycles. The minimum Gasteiger partial charge on any atom is -0.487 e. The van der Waals surface area contributed by atoms with E-state index in [-0.39, 0.29) is 6.61 Å². The molecule has 0 saturated heterocycles. The van der Waals surface area contributed by atoms with Crippen molar-refractivity contribution in [2.75, 3.05) is 6.61 Å². The summed E-state index contributed by atoms with van der Waals surface area (Å²) in [6, 6.07) is 1.78. The molecule has 0 aromatic heterocycles. The number of nitrogens with zero attached hydrogens (tertiary/aromatic N) is 1. The Morgan fingerprint density at radius 1 is 2.00 bits per heavy atom. The van der Waals surface area contributed by atoms with Gasteiger partial charge in [0.05, 0.1) is 6.26 Å². The maximum atomic E-state index is 7.77. The predicted octanol–water partition coefficient (Wildman–Crippen LogP) is 0.670. The summed E-state index contributed by atoms with van der Waals surface area (Å²) in [5, 5.41) is 7.77. The molecule has 0 aromatic rings. The van der Waals surface area contributed by atoms with Gasteiger partial charge in [0.2, 0.25) is 0 Å². The van der Waals surface area contributed by atoms with Gasteiger partial charge in [-0.25, -0.2) is 0 Å². The van der Waals surface area contributed by atoms with Gasteiger partial charge in [-0.3, -0.25) is 0 Å². The summed E-state index contributed by atoms with van der Waals surface area (Å²) in [4.78, 5) is 0. The van der Waals surface area contributed by atoms with Crippen LogP contribution in [0.2, 0.25) is 0 Å². The van der Waals surface area contributed by atoms with Gasteiger partial charge in [-0.05, 0) is 0 Å². The lowest BCUT2D eigenvalue weighted by Crippen LogP contribution is -1.76. The monoisotopic (exact) mass is 83.0 g/mol. The normalized spacial score (nSPS) is 5.83. The molecule has 0 bridgehead atoms. The molecular weight excluding hydrogens is 78.0 g/mol. The van der Waals surface area contributed by atoms with E-state index in [1.807, 2.05) is 0 Å². The van der Waals surface area contributed by atoms with Gasteiger partial charge < -0.3 is 4.74 Å². The van der Waals surface area contributed by atoms with Crippen LogP contribution in [0.1, 0.15) is 0 Å². The Morgan fingerprint density at radius 3 is 2.83 bits per heavy atom. The van der Waals surface area contributed by atoms with Gasteiger partial charge in [0.15, 0.2) is 6.61 Å². The van der Waals surface area contributed by atoms with E-state index in [0.717, 1.165) is 0 Å². The standard InChI is InChI=1S/C4H5NO/c1-2-6-4-3-5/h2H,1,4H2. The first-order valence-electron chi connectivity index (χ1n) is 1.51. The zero-order valence-electron chi connectivity index (χ0n) is 3.35. The first kappa shape index (κ1) is 5.03. The van der Waals surface area contributed by atoms with E-state index in [4.69, 9.17) is 5.26 Å². The summed E-state index contributed by atoms with van der Waals surface area (Å²) in [7, 11) is 0. The molecule has 0 rings (SSSR count). The molecule has 0 unspecified atom stereocenters. The first-order valence-corrected chi connectivity index (χ1v) is 1.51. The van der Waals surface area contributed by atoms with Gasteiger partial charge in [-0.15, -0.1) is 0 Å². The maximum Gasteiger partial charge on any atom is 0.173 e. The van der Waals surface area contributed by atoms with Crippen molar-refractivity contribution in [3.63, 3.8) is 0 Å². The maximum absolute atomic E-state index is 7.77. The number of ether oxygens (including phenoxy) is 1.